The van der Waals surface area contributed by atoms with E-state index in [1.54, 1.807) is 25.3 Å². The molecule has 1 aromatic carbocycles. The number of esters is 1. The number of imidazole rings is 1. The molecule has 148 valence electrons. The van der Waals surface area contributed by atoms with Crippen LogP contribution in [0.5, 0.6) is 5.75 Å². The molecular weight excluding hydrogens is 372 g/mol. The minimum Gasteiger partial charge on any atom is -0.494 e. The fourth-order valence-corrected chi connectivity index (χ4v) is 3.54. The van der Waals surface area contributed by atoms with E-state index in [2.05, 4.69) is 4.98 Å². The monoisotopic (exact) mass is 392 g/mol. The summed E-state index contributed by atoms with van der Waals surface area (Å²) in [4.78, 5) is 32.9. The van der Waals surface area contributed by atoms with E-state index in [-0.39, 0.29) is 5.78 Å². The van der Waals surface area contributed by atoms with Gasteiger partial charge in [0.25, 0.3) is 0 Å². The first kappa shape index (κ1) is 18.7. The largest absolute Gasteiger partial charge is 0.494 e. The van der Waals surface area contributed by atoms with Gasteiger partial charge in [-0.05, 0) is 30.3 Å². The molecule has 8 heteroatoms. The summed E-state index contributed by atoms with van der Waals surface area (Å²) in [6, 6.07) is 8.89. The molecule has 0 N–H and O–H groups in total. The Kier molecular flexibility index (Phi) is 4.34. The number of nitrogens with zero attached hydrogens (tertiary/aromatic N) is 4. The SMILES string of the molecule is COC(=O)c1cc(OC)c2c(c1)nc(-c1cc3ccc(C(C)=O)nc3n1C)n2C. The Morgan fingerprint density at radius 3 is 2.41 bits per heavy atom. The lowest BCUT2D eigenvalue weighted by molar-refractivity contribution is 0.0600. The molecule has 0 fully saturated rings. The number of ketones is 1. The number of fused-ring (bicyclic) bond motifs is 2. The molecule has 3 heterocycles. The van der Waals surface area contributed by atoms with Crippen LogP contribution in [0.25, 0.3) is 33.6 Å². The first-order valence-corrected chi connectivity index (χ1v) is 8.96. The van der Waals surface area contributed by atoms with Crippen LogP contribution in [-0.4, -0.2) is 45.1 Å². The van der Waals surface area contributed by atoms with E-state index in [1.807, 2.05) is 35.4 Å². The van der Waals surface area contributed by atoms with Gasteiger partial charge in [-0.15, -0.1) is 0 Å². The number of pyridine rings is 1. The van der Waals surface area contributed by atoms with Gasteiger partial charge >= 0.3 is 5.97 Å². The van der Waals surface area contributed by atoms with E-state index in [4.69, 9.17) is 14.5 Å². The molecule has 0 spiro atoms. The highest BCUT2D eigenvalue weighted by Crippen LogP contribution is 2.33. The average Bonchev–Trinajstić information content (AvgIpc) is 3.23. The number of hydrogen-bond donors (Lipinski definition) is 0. The maximum absolute atomic E-state index is 12.0. The summed E-state index contributed by atoms with van der Waals surface area (Å²) >= 11 is 0. The molecule has 0 aliphatic rings. The van der Waals surface area contributed by atoms with Gasteiger partial charge in [0, 0.05) is 26.4 Å². The number of benzene rings is 1. The Morgan fingerprint density at radius 2 is 1.76 bits per heavy atom. The predicted molar refractivity (Wildman–Crippen MR) is 108 cm³/mol. The molecule has 0 bridgehead atoms. The zero-order valence-corrected chi connectivity index (χ0v) is 16.8. The number of aryl methyl sites for hydroxylation is 2. The van der Waals surface area contributed by atoms with Gasteiger partial charge in [-0.3, -0.25) is 4.79 Å². The lowest BCUT2D eigenvalue weighted by atomic mass is 10.2. The smallest absolute Gasteiger partial charge is 0.338 e. The van der Waals surface area contributed by atoms with Crippen molar-refractivity contribution in [3.8, 4) is 17.3 Å². The molecule has 0 saturated heterocycles. The van der Waals surface area contributed by atoms with Crippen molar-refractivity contribution < 1.29 is 19.1 Å². The van der Waals surface area contributed by atoms with Crippen LogP contribution in [0.1, 0.15) is 27.8 Å². The molecule has 8 nitrogen and oxygen atoms in total. The molecule has 4 aromatic rings. The molecule has 4 rings (SSSR count). The van der Waals surface area contributed by atoms with Crippen molar-refractivity contribution in [1.29, 1.82) is 0 Å². The number of ether oxygens (including phenoxy) is 2. The third-order valence-electron chi connectivity index (χ3n) is 5.04. The van der Waals surface area contributed by atoms with Crippen molar-refractivity contribution in [2.75, 3.05) is 14.2 Å². The molecule has 29 heavy (non-hydrogen) atoms. The second-order valence-corrected chi connectivity index (χ2v) is 6.79. The average molecular weight is 392 g/mol. The van der Waals surface area contributed by atoms with Gasteiger partial charge in [-0.25, -0.2) is 14.8 Å². The predicted octanol–water partition coefficient (Wildman–Crippen LogP) is 3.12. The summed E-state index contributed by atoms with van der Waals surface area (Å²) in [6.07, 6.45) is 0. The molecule has 0 amide bonds. The molecule has 0 radical (unpaired) electrons. The van der Waals surface area contributed by atoms with Crippen LogP contribution in [0.2, 0.25) is 0 Å². The van der Waals surface area contributed by atoms with E-state index < -0.39 is 5.97 Å². The highest BCUT2D eigenvalue weighted by molar-refractivity contribution is 5.98. The number of carbonyl (C=O) groups excluding carboxylic acids is 2. The Morgan fingerprint density at radius 1 is 1.00 bits per heavy atom. The summed E-state index contributed by atoms with van der Waals surface area (Å²) in [6.45, 7) is 1.49. The van der Waals surface area contributed by atoms with Crippen molar-refractivity contribution in [2.45, 2.75) is 6.92 Å². The number of Topliss-reactive ketones (excluding diaryl/α,β-unsaturated/α-hetero) is 1. The highest BCUT2D eigenvalue weighted by Gasteiger charge is 2.20. The molecule has 0 aliphatic carbocycles. The fraction of sp³-hybridized carbons (Fsp3) is 0.238. The lowest BCUT2D eigenvalue weighted by Gasteiger charge is -2.08. The van der Waals surface area contributed by atoms with Crippen molar-refractivity contribution >= 4 is 33.8 Å². The zero-order valence-electron chi connectivity index (χ0n) is 16.8. The molecule has 0 aliphatic heterocycles. The standard InChI is InChI=1S/C21H20N4O4/c1-11(26)14-7-6-12-9-16(24(2)19(12)22-14)20-23-15-8-13(21(27)29-5)10-17(28-4)18(15)25(20)3/h6-10H,1-5H3. The van der Waals surface area contributed by atoms with E-state index in [0.717, 1.165) is 16.6 Å². The minimum atomic E-state index is -0.456. The van der Waals surface area contributed by atoms with Crippen LogP contribution in [0, 0.1) is 0 Å². The molecule has 0 saturated carbocycles. The first-order chi connectivity index (χ1) is 13.8. The maximum Gasteiger partial charge on any atom is 0.338 e. The summed E-state index contributed by atoms with van der Waals surface area (Å²) in [7, 11) is 6.65. The van der Waals surface area contributed by atoms with Gasteiger partial charge in [-0.2, -0.15) is 0 Å². The Labute approximate surface area is 166 Å². The van der Waals surface area contributed by atoms with E-state index >= 15 is 0 Å². The minimum absolute atomic E-state index is 0.0857. The van der Waals surface area contributed by atoms with Crippen LogP contribution in [0.3, 0.4) is 0 Å². The normalized spacial score (nSPS) is 11.2. The van der Waals surface area contributed by atoms with Crippen LogP contribution >= 0.6 is 0 Å². The third-order valence-corrected chi connectivity index (χ3v) is 5.04. The van der Waals surface area contributed by atoms with E-state index in [9.17, 15) is 9.59 Å². The molecule has 3 aromatic heterocycles. The summed E-state index contributed by atoms with van der Waals surface area (Å²) < 4.78 is 14.1. The second kappa shape index (κ2) is 6.73. The Bertz CT molecular complexity index is 1300. The number of aromatic nitrogens is 4. The van der Waals surface area contributed by atoms with Crippen LogP contribution in [0.4, 0.5) is 0 Å². The van der Waals surface area contributed by atoms with Gasteiger partial charge in [0.2, 0.25) is 0 Å². The van der Waals surface area contributed by atoms with Gasteiger partial charge in [-0.1, -0.05) is 0 Å². The quantitative estimate of drug-likeness (QED) is 0.392. The number of methoxy groups -OCH3 is 2. The number of carbonyl (C=O) groups is 2. The summed E-state index contributed by atoms with van der Waals surface area (Å²) in [5.74, 6) is 0.672. The second-order valence-electron chi connectivity index (χ2n) is 6.79. The molecular formula is C21H20N4O4. The van der Waals surface area contributed by atoms with E-state index in [1.165, 1.54) is 14.0 Å². The Balaban J connectivity index is 1.97. The van der Waals surface area contributed by atoms with Crippen LogP contribution < -0.4 is 4.74 Å². The maximum atomic E-state index is 12.0. The van der Waals surface area contributed by atoms with Crippen molar-refractivity contribution in [3.05, 3.63) is 41.6 Å². The first-order valence-electron chi connectivity index (χ1n) is 8.96. The van der Waals surface area contributed by atoms with Crippen LogP contribution in [0.15, 0.2) is 30.3 Å². The zero-order chi connectivity index (χ0) is 20.9. The Hall–Kier alpha value is -3.68. The van der Waals surface area contributed by atoms with Gasteiger partial charge in [0.05, 0.1) is 31.0 Å². The van der Waals surface area contributed by atoms with Crippen molar-refractivity contribution in [2.24, 2.45) is 14.1 Å². The van der Waals surface area contributed by atoms with Gasteiger partial charge < -0.3 is 18.6 Å². The molecule has 0 unspecified atom stereocenters. The highest BCUT2D eigenvalue weighted by atomic mass is 16.5. The number of rotatable bonds is 4. The van der Waals surface area contributed by atoms with Gasteiger partial charge in [0.1, 0.15) is 22.6 Å². The summed E-state index contributed by atoms with van der Waals surface area (Å²) in [5, 5.41) is 0.904. The molecule has 0 atom stereocenters. The van der Waals surface area contributed by atoms with Crippen molar-refractivity contribution in [3.63, 3.8) is 0 Å². The van der Waals surface area contributed by atoms with Crippen LogP contribution in [-0.2, 0) is 18.8 Å². The third kappa shape index (κ3) is 2.84. The van der Waals surface area contributed by atoms with Crippen molar-refractivity contribution in [1.82, 2.24) is 19.1 Å². The lowest BCUT2D eigenvalue weighted by Crippen LogP contribution is -2.03. The van der Waals surface area contributed by atoms with E-state index in [0.29, 0.717) is 34.0 Å². The summed E-state index contributed by atoms with van der Waals surface area (Å²) in [5.41, 5.74) is 3.68. The fourth-order valence-electron chi connectivity index (χ4n) is 3.54. The number of hydrogen-bond acceptors (Lipinski definition) is 6. The topological polar surface area (TPSA) is 88.2 Å². The van der Waals surface area contributed by atoms with Gasteiger partial charge in [0.15, 0.2) is 11.6 Å².